The molecule has 0 saturated carbocycles. The van der Waals surface area contributed by atoms with E-state index in [1.165, 1.54) is 5.56 Å². The van der Waals surface area contributed by atoms with Crippen LogP contribution in [0, 0.1) is 5.21 Å². The lowest BCUT2D eigenvalue weighted by molar-refractivity contribution is -0.157. The number of benzene rings is 2. The second-order valence-corrected chi connectivity index (χ2v) is 9.46. The molecule has 8 heteroatoms. The molecular formula is C25H31N3O5. The van der Waals surface area contributed by atoms with Gasteiger partial charge in [-0.3, -0.25) is 4.79 Å². The normalized spacial score (nSPS) is 22.6. The van der Waals surface area contributed by atoms with Crippen molar-refractivity contribution in [1.82, 2.24) is 9.55 Å². The molecule has 8 nitrogen and oxygen atoms in total. The van der Waals surface area contributed by atoms with Crippen LogP contribution in [0.3, 0.4) is 0 Å². The minimum Gasteiger partial charge on any atom is -0.627 e. The van der Waals surface area contributed by atoms with E-state index in [1.54, 1.807) is 18.2 Å². The number of fused-ring (bicyclic) bond motifs is 1. The number of carboxylic acids is 1. The lowest BCUT2D eigenvalue weighted by atomic mass is 9.88. The summed E-state index contributed by atoms with van der Waals surface area (Å²) < 4.78 is -0.906. The van der Waals surface area contributed by atoms with Crippen molar-refractivity contribution in [3.8, 4) is 0 Å². The van der Waals surface area contributed by atoms with E-state index in [1.807, 2.05) is 17.0 Å². The third-order valence-electron chi connectivity index (χ3n) is 6.97. The Bertz CT molecular complexity index is 1060. The maximum atomic E-state index is 13.3. The van der Waals surface area contributed by atoms with Gasteiger partial charge in [0.25, 0.3) is 5.91 Å². The number of hydroxylamine groups is 2. The van der Waals surface area contributed by atoms with Gasteiger partial charge in [-0.1, -0.05) is 24.3 Å². The quantitative estimate of drug-likeness (QED) is 0.455. The molecule has 2 atom stereocenters. The maximum absolute atomic E-state index is 13.3. The van der Waals surface area contributed by atoms with Crippen LogP contribution < -0.4 is 10.4 Å². The number of rotatable bonds is 6. The highest BCUT2D eigenvalue weighted by Crippen LogP contribution is 2.37. The number of carbonyl (C=O) groups excluding carboxylic acids is 1. The van der Waals surface area contributed by atoms with E-state index in [0.717, 1.165) is 30.9 Å². The van der Waals surface area contributed by atoms with Crippen molar-refractivity contribution in [1.29, 1.82) is 0 Å². The predicted octanol–water partition coefficient (Wildman–Crippen LogP) is 2.36. The van der Waals surface area contributed by atoms with E-state index in [-0.39, 0.29) is 12.5 Å². The van der Waals surface area contributed by atoms with Crippen LogP contribution in [0.1, 0.15) is 52.7 Å². The molecule has 2 aliphatic heterocycles. The van der Waals surface area contributed by atoms with E-state index >= 15 is 0 Å². The first kappa shape index (κ1) is 23.4. The van der Waals surface area contributed by atoms with Gasteiger partial charge in [0.05, 0.1) is 6.54 Å². The van der Waals surface area contributed by atoms with Crippen molar-refractivity contribution in [3.63, 3.8) is 0 Å². The fraction of sp³-hybridized carbons (Fsp3) is 0.440. The van der Waals surface area contributed by atoms with E-state index in [4.69, 9.17) is 5.73 Å². The van der Waals surface area contributed by atoms with Crippen molar-refractivity contribution < 1.29 is 19.8 Å². The fourth-order valence-corrected chi connectivity index (χ4v) is 5.04. The van der Waals surface area contributed by atoms with Gasteiger partial charge in [0.1, 0.15) is 12.2 Å². The molecular weight excluding hydrogens is 422 g/mol. The molecule has 33 heavy (non-hydrogen) atoms. The molecule has 0 aromatic heterocycles. The van der Waals surface area contributed by atoms with Crippen LogP contribution in [0.15, 0.2) is 42.5 Å². The zero-order chi connectivity index (χ0) is 23.8. The molecule has 2 unspecified atom stereocenters. The number of amides is 1. The van der Waals surface area contributed by atoms with Gasteiger partial charge in [-0.15, -0.1) is 0 Å². The van der Waals surface area contributed by atoms with Crippen molar-refractivity contribution in [2.75, 3.05) is 26.2 Å². The molecule has 4 rings (SSSR count). The lowest BCUT2D eigenvalue weighted by Gasteiger charge is -2.42. The third kappa shape index (κ3) is 4.65. The van der Waals surface area contributed by atoms with E-state index < -0.39 is 22.8 Å². The Morgan fingerprint density at radius 1 is 1.21 bits per heavy atom. The summed E-state index contributed by atoms with van der Waals surface area (Å²) in [5, 5.41) is 32.5. The van der Waals surface area contributed by atoms with Crippen LogP contribution in [-0.2, 0) is 17.8 Å². The Morgan fingerprint density at radius 3 is 2.61 bits per heavy atom. The molecule has 2 heterocycles. The third-order valence-corrected chi connectivity index (χ3v) is 6.97. The summed E-state index contributed by atoms with van der Waals surface area (Å²) in [5.74, 6) is -1.07. The SMILES string of the molecule is CC(O)(C[N+]1([O-])CCc2cc(C(=O)N3CCC(c4cccc(CN)c4)CC3)ccc21)C(=O)O. The molecule has 2 aliphatic rings. The standard InChI is InChI=1S/C25H31N3O5/c1-25(32,24(30)31)16-28(33)12-9-20-14-21(5-6-22(20)28)23(29)27-10-7-18(8-11-27)19-4-2-3-17(13-19)15-26/h2-6,13-14,18,32H,7-12,15-16,26H2,1H3,(H,30,31). The molecule has 1 saturated heterocycles. The maximum Gasteiger partial charge on any atom is 0.341 e. The number of hydrogen-bond donors (Lipinski definition) is 3. The van der Waals surface area contributed by atoms with Gasteiger partial charge in [-0.05, 0) is 48.9 Å². The van der Waals surface area contributed by atoms with Crippen molar-refractivity contribution in [2.45, 2.75) is 44.2 Å². The van der Waals surface area contributed by atoms with E-state index in [9.17, 15) is 25.0 Å². The number of likely N-dealkylation sites (tertiary alicyclic amines) is 1. The highest BCUT2D eigenvalue weighted by atomic mass is 16.6. The van der Waals surface area contributed by atoms with Crippen LogP contribution in [-0.4, -0.2) is 58.8 Å². The van der Waals surface area contributed by atoms with Gasteiger partial charge >= 0.3 is 5.97 Å². The number of nitrogens with two attached hydrogens (primary N) is 1. The predicted molar refractivity (Wildman–Crippen MR) is 126 cm³/mol. The lowest BCUT2D eigenvalue weighted by Crippen LogP contribution is -2.55. The number of carbonyl (C=O) groups is 2. The topological polar surface area (TPSA) is 127 Å². The zero-order valence-electron chi connectivity index (χ0n) is 18.9. The van der Waals surface area contributed by atoms with E-state index in [0.29, 0.717) is 43.2 Å². The molecule has 1 fully saturated rings. The highest BCUT2D eigenvalue weighted by molar-refractivity contribution is 5.95. The minimum absolute atomic E-state index is 0.0552. The Kier molecular flexibility index (Phi) is 6.28. The number of piperidine rings is 1. The van der Waals surface area contributed by atoms with Crippen molar-refractivity contribution in [2.24, 2.45) is 5.73 Å². The van der Waals surface area contributed by atoms with Crippen LogP contribution in [0.25, 0.3) is 0 Å². The van der Waals surface area contributed by atoms with Gasteiger partial charge in [0, 0.05) is 43.2 Å². The number of carboxylic acid groups (broad SMARTS) is 1. The number of aliphatic carboxylic acids is 1. The van der Waals surface area contributed by atoms with Crippen molar-refractivity contribution >= 4 is 17.6 Å². The molecule has 0 aliphatic carbocycles. The van der Waals surface area contributed by atoms with Crippen LogP contribution in [0.5, 0.6) is 0 Å². The first-order chi connectivity index (χ1) is 15.6. The fourth-order valence-electron chi connectivity index (χ4n) is 5.04. The van der Waals surface area contributed by atoms with Gasteiger partial charge < -0.3 is 30.7 Å². The summed E-state index contributed by atoms with van der Waals surface area (Å²) in [7, 11) is 0. The summed E-state index contributed by atoms with van der Waals surface area (Å²) in [6.07, 6.45) is 2.21. The second-order valence-electron chi connectivity index (χ2n) is 9.46. The molecule has 0 bridgehead atoms. The molecule has 176 valence electrons. The Balaban J connectivity index is 1.44. The number of nitrogens with zero attached hydrogens (tertiary/aromatic N) is 2. The van der Waals surface area contributed by atoms with Gasteiger partial charge in [-0.2, -0.15) is 0 Å². The zero-order valence-corrected chi connectivity index (χ0v) is 18.9. The molecule has 2 aromatic rings. The molecule has 0 spiro atoms. The molecule has 0 radical (unpaired) electrons. The monoisotopic (exact) mass is 453 g/mol. The molecule has 4 N–H and O–H groups in total. The number of hydrogen-bond acceptors (Lipinski definition) is 5. The summed E-state index contributed by atoms with van der Waals surface area (Å²) in [4.78, 5) is 26.3. The largest absolute Gasteiger partial charge is 0.627 e. The van der Waals surface area contributed by atoms with Gasteiger partial charge in [0.2, 0.25) is 5.60 Å². The summed E-state index contributed by atoms with van der Waals surface area (Å²) in [5.41, 5.74) is 7.72. The Hall–Kier alpha value is -2.78. The summed E-state index contributed by atoms with van der Waals surface area (Å²) in [6.45, 7) is 2.65. The van der Waals surface area contributed by atoms with Crippen LogP contribution in [0.2, 0.25) is 0 Å². The second kappa shape index (κ2) is 8.87. The summed E-state index contributed by atoms with van der Waals surface area (Å²) in [6, 6.07) is 13.3. The van der Waals surface area contributed by atoms with Crippen LogP contribution >= 0.6 is 0 Å². The summed E-state index contributed by atoms with van der Waals surface area (Å²) >= 11 is 0. The molecule has 1 amide bonds. The molecule has 2 aromatic carbocycles. The number of aliphatic hydroxyl groups is 1. The number of quaternary nitrogens is 1. The van der Waals surface area contributed by atoms with Crippen LogP contribution in [0.4, 0.5) is 5.69 Å². The smallest absolute Gasteiger partial charge is 0.341 e. The van der Waals surface area contributed by atoms with Gasteiger partial charge in [-0.25, -0.2) is 4.79 Å². The Morgan fingerprint density at radius 2 is 1.94 bits per heavy atom. The highest BCUT2D eigenvalue weighted by Gasteiger charge is 2.42. The van der Waals surface area contributed by atoms with E-state index in [2.05, 4.69) is 12.1 Å². The average Bonchev–Trinajstić information content (AvgIpc) is 3.13. The average molecular weight is 454 g/mol. The van der Waals surface area contributed by atoms with Gasteiger partial charge in [0.15, 0.2) is 0 Å². The first-order valence-corrected chi connectivity index (χ1v) is 11.4. The van der Waals surface area contributed by atoms with Crippen molar-refractivity contribution in [3.05, 3.63) is 69.9 Å². The first-order valence-electron chi connectivity index (χ1n) is 11.4. The minimum atomic E-state index is -2.12. The Labute approximate surface area is 193 Å².